The lowest BCUT2D eigenvalue weighted by molar-refractivity contribution is 0.221. The molecule has 6 rings (SSSR count). The molecule has 0 radical (unpaired) electrons. The van der Waals surface area contributed by atoms with Gasteiger partial charge in [-0.3, -0.25) is 9.88 Å². The van der Waals surface area contributed by atoms with Gasteiger partial charge in [-0.05, 0) is 49.2 Å². The van der Waals surface area contributed by atoms with Gasteiger partial charge < -0.3 is 4.98 Å². The van der Waals surface area contributed by atoms with Crippen LogP contribution in [0.4, 0.5) is 0 Å². The lowest BCUT2D eigenvalue weighted by Crippen LogP contribution is -2.28. The molecule has 1 aliphatic rings. The van der Waals surface area contributed by atoms with Gasteiger partial charge in [0.05, 0.1) is 17.4 Å². The molecule has 4 heteroatoms. The highest BCUT2D eigenvalue weighted by molar-refractivity contribution is 6.07. The summed E-state index contributed by atoms with van der Waals surface area (Å²) in [7, 11) is 0. The molecule has 158 valence electrons. The van der Waals surface area contributed by atoms with Crippen LogP contribution in [0.5, 0.6) is 0 Å². The standard InChI is InChI=1S/C28H26N4/c1-3-7-22(8-4-1)26-16-24-25-15-23(17-30-28(25)31-27(24)18-29-26)21-11-9-20(10-12-21)19-32-13-5-2-6-14-32/h1,3-4,7-12,15-18H,2,5-6,13-14,19H2,(H,30,31). The van der Waals surface area contributed by atoms with E-state index in [0.29, 0.717) is 0 Å². The number of aromatic nitrogens is 3. The number of piperidine rings is 1. The average molecular weight is 419 g/mol. The van der Waals surface area contributed by atoms with E-state index in [1.165, 1.54) is 43.5 Å². The third-order valence-electron chi connectivity index (χ3n) is 6.55. The van der Waals surface area contributed by atoms with E-state index in [4.69, 9.17) is 4.98 Å². The second-order valence-electron chi connectivity index (χ2n) is 8.76. The van der Waals surface area contributed by atoms with E-state index in [2.05, 4.69) is 63.4 Å². The van der Waals surface area contributed by atoms with Crippen molar-refractivity contribution >= 4 is 21.9 Å². The molecule has 1 fully saturated rings. The van der Waals surface area contributed by atoms with Gasteiger partial charge in [-0.25, -0.2) is 4.98 Å². The Labute approximate surface area is 188 Å². The highest BCUT2D eigenvalue weighted by Gasteiger charge is 2.12. The van der Waals surface area contributed by atoms with E-state index < -0.39 is 0 Å². The van der Waals surface area contributed by atoms with Crippen molar-refractivity contribution in [3.63, 3.8) is 0 Å². The molecule has 4 heterocycles. The van der Waals surface area contributed by atoms with E-state index in [1.54, 1.807) is 0 Å². The van der Waals surface area contributed by atoms with Crippen molar-refractivity contribution in [1.82, 2.24) is 19.9 Å². The number of rotatable bonds is 4. The number of fused-ring (bicyclic) bond motifs is 3. The van der Waals surface area contributed by atoms with Crippen LogP contribution in [0.15, 0.2) is 79.1 Å². The summed E-state index contributed by atoms with van der Waals surface area (Å²) < 4.78 is 0. The first-order chi connectivity index (χ1) is 15.8. The van der Waals surface area contributed by atoms with Gasteiger partial charge in [0.1, 0.15) is 5.65 Å². The minimum atomic E-state index is 0.900. The zero-order valence-corrected chi connectivity index (χ0v) is 18.1. The predicted molar refractivity (Wildman–Crippen MR) is 131 cm³/mol. The van der Waals surface area contributed by atoms with Gasteiger partial charge in [0, 0.05) is 34.6 Å². The summed E-state index contributed by atoms with van der Waals surface area (Å²) in [6, 6.07) is 23.7. The number of aromatic amines is 1. The van der Waals surface area contributed by atoms with E-state index >= 15 is 0 Å². The number of nitrogens with one attached hydrogen (secondary N) is 1. The highest BCUT2D eigenvalue weighted by atomic mass is 15.1. The number of pyridine rings is 2. The number of hydrogen-bond donors (Lipinski definition) is 1. The molecule has 0 spiro atoms. The summed E-state index contributed by atoms with van der Waals surface area (Å²) in [5.41, 5.74) is 7.74. The van der Waals surface area contributed by atoms with Crippen LogP contribution in [0.25, 0.3) is 44.3 Å². The third-order valence-corrected chi connectivity index (χ3v) is 6.55. The second-order valence-corrected chi connectivity index (χ2v) is 8.76. The van der Waals surface area contributed by atoms with Gasteiger partial charge in [0.15, 0.2) is 0 Å². The van der Waals surface area contributed by atoms with Crippen molar-refractivity contribution in [1.29, 1.82) is 0 Å². The quantitative estimate of drug-likeness (QED) is 0.366. The van der Waals surface area contributed by atoms with Crippen molar-refractivity contribution < 1.29 is 0 Å². The summed E-state index contributed by atoms with van der Waals surface area (Å²) >= 11 is 0. The Bertz CT molecular complexity index is 1360. The molecule has 0 saturated carbocycles. The molecule has 2 aromatic carbocycles. The molecule has 4 nitrogen and oxygen atoms in total. The SMILES string of the molecule is c1ccc(-c2cc3c(cn2)[nH]c2ncc(-c4ccc(CN5CCCCC5)cc4)cc23)cc1. The summed E-state index contributed by atoms with van der Waals surface area (Å²) in [4.78, 5) is 15.3. The van der Waals surface area contributed by atoms with Crippen LogP contribution in [0, 0.1) is 0 Å². The predicted octanol–water partition coefficient (Wildman–Crippen LogP) is 6.43. The minimum Gasteiger partial charge on any atom is -0.338 e. The van der Waals surface area contributed by atoms with Gasteiger partial charge in [0.2, 0.25) is 0 Å². The normalized spacial score (nSPS) is 14.9. The molecule has 0 bridgehead atoms. The molecular formula is C28H26N4. The van der Waals surface area contributed by atoms with Gasteiger partial charge in [0.25, 0.3) is 0 Å². The Morgan fingerprint density at radius 1 is 0.719 bits per heavy atom. The second kappa shape index (κ2) is 8.21. The minimum absolute atomic E-state index is 0.900. The molecule has 0 atom stereocenters. The molecule has 1 N–H and O–H groups in total. The molecule has 32 heavy (non-hydrogen) atoms. The Kier molecular flexibility index (Phi) is 4.93. The first kappa shape index (κ1) is 19.2. The molecule has 1 saturated heterocycles. The van der Waals surface area contributed by atoms with Crippen LogP contribution in [0.2, 0.25) is 0 Å². The van der Waals surface area contributed by atoms with Crippen molar-refractivity contribution in [2.45, 2.75) is 25.8 Å². The van der Waals surface area contributed by atoms with Crippen molar-refractivity contribution in [3.8, 4) is 22.4 Å². The maximum Gasteiger partial charge on any atom is 0.138 e. The summed E-state index contributed by atoms with van der Waals surface area (Å²) in [6.45, 7) is 3.50. The van der Waals surface area contributed by atoms with E-state index in [0.717, 1.165) is 45.3 Å². The van der Waals surface area contributed by atoms with Crippen LogP contribution in [-0.4, -0.2) is 32.9 Å². The summed E-state index contributed by atoms with van der Waals surface area (Å²) in [5.74, 6) is 0. The number of H-pyrrole nitrogens is 1. The molecular weight excluding hydrogens is 392 g/mol. The van der Waals surface area contributed by atoms with Crippen molar-refractivity contribution in [2.24, 2.45) is 0 Å². The van der Waals surface area contributed by atoms with E-state index in [9.17, 15) is 0 Å². The fourth-order valence-corrected chi connectivity index (χ4v) is 4.78. The first-order valence-electron chi connectivity index (χ1n) is 11.5. The average Bonchev–Trinajstić information content (AvgIpc) is 3.23. The fourth-order valence-electron chi connectivity index (χ4n) is 4.78. The number of hydrogen-bond acceptors (Lipinski definition) is 3. The topological polar surface area (TPSA) is 44.8 Å². The lowest BCUT2D eigenvalue weighted by Gasteiger charge is -2.26. The van der Waals surface area contributed by atoms with Crippen LogP contribution >= 0.6 is 0 Å². The van der Waals surface area contributed by atoms with Crippen LogP contribution in [0.3, 0.4) is 0 Å². The molecule has 5 aromatic rings. The monoisotopic (exact) mass is 418 g/mol. The maximum absolute atomic E-state index is 4.72. The van der Waals surface area contributed by atoms with Gasteiger partial charge >= 0.3 is 0 Å². The Balaban J connectivity index is 1.33. The Morgan fingerprint density at radius 2 is 1.53 bits per heavy atom. The molecule has 0 aliphatic carbocycles. The fraction of sp³-hybridized carbons (Fsp3) is 0.214. The van der Waals surface area contributed by atoms with Gasteiger partial charge in [-0.2, -0.15) is 0 Å². The smallest absolute Gasteiger partial charge is 0.138 e. The molecule has 3 aromatic heterocycles. The van der Waals surface area contributed by atoms with Crippen molar-refractivity contribution in [3.05, 3.63) is 84.7 Å². The Morgan fingerprint density at radius 3 is 2.34 bits per heavy atom. The third kappa shape index (κ3) is 3.67. The van der Waals surface area contributed by atoms with E-state index in [-0.39, 0.29) is 0 Å². The summed E-state index contributed by atoms with van der Waals surface area (Å²) in [5, 5.41) is 2.29. The van der Waals surface area contributed by atoms with Crippen LogP contribution < -0.4 is 0 Å². The van der Waals surface area contributed by atoms with Crippen LogP contribution in [0.1, 0.15) is 24.8 Å². The molecule has 1 aliphatic heterocycles. The largest absolute Gasteiger partial charge is 0.338 e. The molecule has 0 amide bonds. The highest BCUT2D eigenvalue weighted by Crippen LogP contribution is 2.31. The number of likely N-dealkylation sites (tertiary alicyclic amines) is 1. The lowest BCUT2D eigenvalue weighted by atomic mass is 10.0. The van der Waals surface area contributed by atoms with E-state index in [1.807, 2.05) is 30.6 Å². The number of benzene rings is 2. The Hall–Kier alpha value is -3.50. The zero-order valence-electron chi connectivity index (χ0n) is 18.1. The molecule has 0 unspecified atom stereocenters. The first-order valence-corrected chi connectivity index (χ1v) is 11.5. The zero-order chi connectivity index (χ0) is 21.3. The van der Waals surface area contributed by atoms with Gasteiger partial charge in [-0.15, -0.1) is 0 Å². The van der Waals surface area contributed by atoms with Crippen LogP contribution in [-0.2, 0) is 6.54 Å². The number of nitrogens with zero attached hydrogens (tertiary/aromatic N) is 3. The van der Waals surface area contributed by atoms with Gasteiger partial charge in [-0.1, -0.05) is 61.0 Å². The van der Waals surface area contributed by atoms with Crippen molar-refractivity contribution in [2.75, 3.05) is 13.1 Å². The maximum atomic E-state index is 4.72. The summed E-state index contributed by atoms with van der Waals surface area (Å²) in [6.07, 6.45) is 7.91.